The van der Waals surface area contributed by atoms with Crippen LogP contribution in [0.3, 0.4) is 0 Å². The van der Waals surface area contributed by atoms with Crippen molar-refractivity contribution in [2.24, 2.45) is 10.2 Å². The van der Waals surface area contributed by atoms with Crippen LogP contribution in [0.1, 0.15) is 18.1 Å². The maximum atomic E-state index is 10.3. The average molecular weight is 220 g/mol. The van der Waals surface area contributed by atoms with Gasteiger partial charge in [-0.05, 0) is 25.5 Å². The van der Waals surface area contributed by atoms with Gasteiger partial charge in [0.1, 0.15) is 11.8 Å². The SMILES string of the molecule is Cc1cc2c(c(N=NC(=O)O)c1)OC(C)C2. The van der Waals surface area contributed by atoms with Crippen molar-refractivity contribution in [1.82, 2.24) is 0 Å². The van der Waals surface area contributed by atoms with Crippen LogP contribution in [0.5, 0.6) is 5.75 Å². The van der Waals surface area contributed by atoms with Crippen LogP contribution in [0.4, 0.5) is 10.5 Å². The van der Waals surface area contributed by atoms with E-state index in [0.717, 1.165) is 17.5 Å². The van der Waals surface area contributed by atoms with Gasteiger partial charge in [-0.25, -0.2) is 4.79 Å². The number of rotatable bonds is 1. The normalized spacial score (nSPS) is 18.5. The highest BCUT2D eigenvalue weighted by atomic mass is 16.5. The summed E-state index contributed by atoms with van der Waals surface area (Å²) in [4.78, 5) is 10.3. The van der Waals surface area contributed by atoms with Gasteiger partial charge in [-0.15, -0.1) is 5.11 Å². The maximum Gasteiger partial charge on any atom is 0.449 e. The summed E-state index contributed by atoms with van der Waals surface area (Å²) >= 11 is 0. The lowest BCUT2D eigenvalue weighted by Crippen LogP contribution is -2.05. The van der Waals surface area contributed by atoms with Gasteiger partial charge >= 0.3 is 6.09 Å². The van der Waals surface area contributed by atoms with Gasteiger partial charge in [0.2, 0.25) is 0 Å². The van der Waals surface area contributed by atoms with Crippen LogP contribution in [0.25, 0.3) is 0 Å². The Morgan fingerprint density at radius 1 is 1.56 bits per heavy atom. The fourth-order valence-corrected chi connectivity index (χ4v) is 1.84. The molecule has 1 amide bonds. The maximum absolute atomic E-state index is 10.3. The van der Waals surface area contributed by atoms with Gasteiger partial charge in [0, 0.05) is 12.0 Å². The number of amides is 1. The Hall–Kier alpha value is -1.91. The van der Waals surface area contributed by atoms with E-state index in [1.807, 2.05) is 19.9 Å². The van der Waals surface area contributed by atoms with Crippen molar-refractivity contribution in [1.29, 1.82) is 0 Å². The molecule has 1 aromatic rings. The Morgan fingerprint density at radius 3 is 3.00 bits per heavy atom. The summed E-state index contributed by atoms with van der Waals surface area (Å²) in [5.74, 6) is 0.656. The second-order valence-electron chi connectivity index (χ2n) is 3.89. The number of ether oxygens (including phenoxy) is 1. The molecule has 1 aliphatic rings. The zero-order valence-corrected chi connectivity index (χ0v) is 9.10. The number of nitrogens with zero attached hydrogens (tertiary/aromatic N) is 2. The molecule has 5 heteroatoms. The Kier molecular flexibility index (Phi) is 2.60. The molecule has 0 aromatic heterocycles. The van der Waals surface area contributed by atoms with Crippen LogP contribution in [-0.4, -0.2) is 17.3 Å². The molecule has 0 spiro atoms. The quantitative estimate of drug-likeness (QED) is 0.739. The second kappa shape index (κ2) is 3.92. The fourth-order valence-electron chi connectivity index (χ4n) is 1.84. The first-order valence-electron chi connectivity index (χ1n) is 5.01. The van der Waals surface area contributed by atoms with Gasteiger partial charge in [0.05, 0.1) is 0 Å². The first-order valence-corrected chi connectivity index (χ1v) is 5.01. The molecule has 1 unspecified atom stereocenters. The van der Waals surface area contributed by atoms with Gasteiger partial charge in [-0.2, -0.15) is 0 Å². The molecule has 2 rings (SSSR count). The molecular weight excluding hydrogens is 208 g/mol. The molecule has 1 heterocycles. The van der Waals surface area contributed by atoms with Crippen LogP contribution in [0.15, 0.2) is 22.4 Å². The Balaban J connectivity index is 2.42. The molecule has 0 aliphatic carbocycles. The molecule has 1 N–H and O–H groups in total. The van der Waals surface area contributed by atoms with E-state index in [0.29, 0.717) is 11.4 Å². The van der Waals surface area contributed by atoms with E-state index in [4.69, 9.17) is 9.84 Å². The third-order valence-corrected chi connectivity index (χ3v) is 2.36. The molecule has 1 atom stereocenters. The van der Waals surface area contributed by atoms with E-state index in [9.17, 15) is 4.79 Å². The number of aryl methyl sites for hydroxylation is 1. The molecule has 0 radical (unpaired) electrons. The molecule has 84 valence electrons. The van der Waals surface area contributed by atoms with Gasteiger partial charge < -0.3 is 9.84 Å². The monoisotopic (exact) mass is 220 g/mol. The predicted molar refractivity (Wildman–Crippen MR) is 57.5 cm³/mol. The first-order chi connectivity index (χ1) is 7.56. The van der Waals surface area contributed by atoms with Gasteiger partial charge in [-0.1, -0.05) is 11.2 Å². The Morgan fingerprint density at radius 2 is 2.31 bits per heavy atom. The van der Waals surface area contributed by atoms with Crippen molar-refractivity contribution in [3.63, 3.8) is 0 Å². The zero-order chi connectivity index (χ0) is 11.7. The molecular formula is C11H12N2O3. The molecule has 0 saturated carbocycles. The number of carbonyl (C=O) groups is 1. The topological polar surface area (TPSA) is 71.2 Å². The summed E-state index contributed by atoms with van der Waals surface area (Å²) in [5, 5.41) is 15.2. The van der Waals surface area contributed by atoms with E-state index in [1.54, 1.807) is 6.07 Å². The summed E-state index contributed by atoms with van der Waals surface area (Å²) in [7, 11) is 0. The van der Waals surface area contributed by atoms with E-state index in [2.05, 4.69) is 10.2 Å². The molecule has 0 fully saturated rings. The van der Waals surface area contributed by atoms with Crippen LogP contribution >= 0.6 is 0 Å². The van der Waals surface area contributed by atoms with Crippen molar-refractivity contribution < 1.29 is 14.6 Å². The second-order valence-corrected chi connectivity index (χ2v) is 3.89. The van der Waals surface area contributed by atoms with Crippen molar-refractivity contribution in [2.75, 3.05) is 0 Å². The van der Waals surface area contributed by atoms with Crippen LogP contribution < -0.4 is 4.74 Å². The largest absolute Gasteiger partial charge is 0.488 e. The standard InChI is InChI=1S/C11H12N2O3/c1-6-3-8-5-7(2)16-10(8)9(4-6)12-13-11(14)15/h3-4,7H,5H2,1-2H3,(H,14,15). The third kappa shape index (κ3) is 2.03. The summed E-state index contributed by atoms with van der Waals surface area (Å²) in [6.45, 7) is 3.90. The minimum absolute atomic E-state index is 0.107. The number of fused-ring (bicyclic) bond motifs is 1. The van der Waals surface area contributed by atoms with E-state index in [-0.39, 0.29) is 6.10 Å². The Labute approximate surface area is 92.8 Å². The lowest BCUT2D eigenvalue weighted by atomic mass is 10.1. The Bertz CT molecular complexity index is 469. The lowest BCUT2D eigenvalue weighted by molar-refractivity contribution is 0.204. The highest BCUT2D eigenvalue weighted by molar-refractivity contribution is 5.66. The number of azo groups is 1. The van der Waals surface area contributed by atoms with Gasteiger partial charge in [-0.3, -0.25) is 0 Å². The van der Waals surface area contributed by atoms with Crippen LogP contribution in [-0.2, 0) is 6.42 Å². The number of benzene rings is 1. The smallest absolute Gasteiger partial charge is 0.449 e. The molecule has 5 nitrogen and oxygen atoms in total. The minimum Gasteiger partial charge on any atom is -0.488 e. The van der Waals surface area contributed by atoms with Crippen molar-refractivity contribution >= 4 is 11.8 Å². The lowest BCUT2D eigenvalue weighted by Gasteiger charge is -2.05. The summed E-state index contributed by atoms with van der Waals surface area (Å²) in [5.41, 5.74) is 2.57. The van der Waals surface area contributed by atoms with Crippen molar-refractivity contribution in [2.45, 2.75) is 26.4 Å². The van der Waals surface area contributed by atoms with Crippen LogP contribution in [0, 0.1) is 6.92 Å². The number of hydrogen-bond acceptors (Lipinski definition) is 3. The molecule has 1 aromatic carbocycles. The molecule has 0 bridgehead atoms. The summed E-state index contributed by atoms with van der Waals surface area (Å²) < 4.78 is 5.58. The molecule has 0 saturated heterocycles. The summed E-state index contributed by atoms with van der Waals surface area (Å²) in [6.07, 6.45) is -0.371. The van der Waals surface area contributed by atoms with Crippen LogP contribution in [0.2, 0.25) is 0 Å². The predicted octanol–water partition coefficient (Wildman–Crippen LogP) is 3.08. The molecule has 1 aliphatic heterocycles. The first kappa shape index (κ1) is 10.6. The minimum atomic E-state index is -1.30. The van der Waals surface area contributed by atoms with E-state index in [1.165, 1.54) is 0 Å². The summed E-state index contributed by atoms with van der Waals surface area (Å²) in [6, 6.07) is 3.79. The number of carboxylic acid groups (broad SMARTS) is 1. The van der Waals surface area contributed by atoms with Crippen molar-refractivity contribution in [3.8, 4) is 5.75 Å². The zero-order valence-electron chi connectivity index (χ0n) is 9.10. The van der Waals surface area contributed by atoms with Gasteiger partial charge in [0.15, 0.2) is 5.75 Å². The highest BCUT2D eigenvalue weighted by Gasteiger charge is 2.22. The highest BCUT2D eigenvalue weighted by Crippen LogP contribution is 2.39. The fraction of sp³-hybridized carbons (Fsp3) is 0.364. The number of hydrogen-bond donors (Lipinski definition) is 1. The third-order valence-electron chi connectivity index (χ3n) is 2.36. The van der Waals surface area contributed by atoms with E-state index < -0.39 is 6.09 Å². The average Bonchev–Trinajstić information content (AvgIpc) is 2.54. The van der Waals surface area contributed by atoms with Crippen molar-refractivity contribution in [3.05, 3.63) is 23.3 Å². The van der Waals surface area contributed by atoms with Gasteiger partial charge in [0.25, 0.3) is 0 Å². The van der Waals surface area contributed by atoms with E-state index >= 15 is 0 Å². The molecule has 16 heavy (non-hydrogen) atoms.